The van der Waals surface area contributed by atoms with Crippen molar-refractivity contribution in [3.8, 4) is 0 Å². The summed E-state index contributed by atoms with van der Waals surface area (Å²) in [6.45, 7) is 9.39. The van der Waals surface area contributed by atoms with Crippen molar-refractivity contribution in [1.29, 1.82) is 5.41 Å². The molecule has 4 nitrogen and oxygen atoms in total. The van der Waals surface area contributed by atoms with Crippen LogP contribution in [-0.4, -0.2) is 17.4 Å². The van der Waals surface area contributed by atoms with Gasteiger partial charge in [0, 0.05) is 0 Å². The van der Waals surface area contributed by atoms with Crippen molar-refractivity contribution in [3.05, 3.63) is 53.1 Å². The van der Waals surface area contributed by atoms with E-state index >= 15 is 0 Å². The lowest BCUT2D eigenvalue weighted by Gasteiger charge is -1.87. The van der Waals surface area contributed by atoms with Gasteiger partial charge in [0.2, 0.25) is 5.70 Å². The van der Waals surface area contributed by atoms with Crippen molar-refractivity contribution in [2.45, 2.75) is 13.8 Å². The largest absolute Gasteiger partial charge is 0.308 e. The Hall–Kier alpha value is -2.50. The number of nitrogens with one attached hydrogen (secondary N) is 1. The lowest BCUT2D eigenvalue weighted by atomic mass is 10.2. The fourth-order valence-electron chi connectivity index (χ4n) is 0.843. The molecule has 0 aromatic heterocycles. The molecule has 0 unspecified atom stereocenters. The molecule has 0 aromatic carbocycles. The van der Waals surface area contributed by atoms with E-state index in [-0.39, 0.29) is 22.8 Å². The SMILES string of the molecule is [C-]#[N+]C(=CC=CC=CC(=C=N)C(C)=O)C(C)=O. The Balaban J connectivity index is 4.65. The molecule has 86 valence electrons. The van der Waals surface area contributed by atoms with E-state index in [4.69, 9.17) is 12.0 Å². The summed E-state index contributed by atoms with van der Waals surface area (Å²) >= 11 is 0. The van der Waals surface area contributed by atoms with Gasteiger partial charge in [0.25, 0.3) is 0 Å². The standard InChI is InChI=1S/C13H12N2O2/c1-10(16)12(9-14)7-5-4-6-8-13(15-3)11(2)17/h4-8,14H,1-2H3. The van der Waals surface area contributed by atoms with Gasteiger partial charge in [-0.2, -0.15) is 0 Å². The third-order valence-electron chi connectivity index (χ3n) is 1.73. The number of carbonyl (C=O) groups excluding carboxylic acids is 2. The molecule has 0 aliphatic rings. The number of nitrogens with zero attached hydrogens (tertiary/aromatic N) is 1. The van der Waals surface area contributed by atoms with E-state index in [2.05, 4.69) is 4.85 Å². The number of ketones is 2. The number of hydrogen-bond acceptors (Lipinski definition) is 3. The second-order valence-corrected chi connectivity index (χ2v) is 3.06. The maximum absolute atomic E-state index is 10.9. The van der Waals surface area contributed by atoms with Crippen LogP contribution >= 0.6 is 0 Å². The first-order chi connectivity index (χ1) is 8.02. The number of Topliss-reactive ketones (excluding diaryl/α,β-unsaturated/α-hetero) is 2. The molecular weight excluding hydrogens is 216 g/mol. The third kappa shape index (κ3) is 5.83. The number of carbonyl (C=O) groups is 2. The van der Waals surface area contributed by atoms with Crippen LogP contribution in [0.25, 0.3) is 4.85 Å². The molecule has 0 aliphatic carbocycles. The Labute approximate surface area is 100.0 Å². The van der Waals surface area contributed by atoms with Crippen molar-refractivity contribution < 1.29 is 9.59 Å². The van der Waals surface area contributed by atoms with Crippen LogP contribution in [0.2, 0.25) is 0 Å². The molecule has 0 aliphatic heterocycles. The number of allylic oxidation sites excluding steroid dienone is 7. The number of rotatable bonds is 5. The summed E-state index contributed by atoms with van der Waals surface area (Å²) < 4.78 is 0. The minimum atomic E-state index is -0.294. The van der Waals surface area contributed by atoms with Crippen molar-refractivity contribution in [2.24, 2.45) is 0 Å². The van der Waals surface area contributed by atoms with Crippen molar-refractivity contribution in [2.75, 3.05) is 0 Å². The molecule has 0 saturated carbocycles. The van der Waals surface area contributed by atoms with E-state index in [1.807, 2.05) is 5.87 Å². The fraction of sp³-hybridized carbons (Fsp3) is 0.154. The monoisotopic (exact) mass is 228 g/mol. The Morgan fingerprint density at radius 2 is 1.82 bits per heavy atom. The van der Waals surface area contributed by atoms with E-state index in [0.717, 1.165) is 0 Å². The molecule has 17 heavy (non-hydrogen) atoms. The van der Waals surface area contributed by atoms with E-state index in [1.165, 1.54) is 38.2 Å². The molecular formula is C13H12N2O2. The number of hydrogen-bond donors (Lipinski definition) is 1. The van der Waals surface area contributed by atoms with Gasteiger partial charge < -0.3 is 4.79 Å². The summed E-state index contributed by atoms with van der Waals surface area (Å²) in [6.07, 6.45) is 7.45. The van der Waals surface area contributed by atoms with Gasteiger partial charge in [0.05, 0.1) is 12.1 Å². The summed E-state index contributed by atoms with van der Waals surface area (Å²) in [7, 11) is 0. The minimum Gasteiger partial charge on any atom is -0.308 e. The Bertz CT molecular complexity index is 496. The second-order valence-electron chi connectivity index (χ2n) is 3.06. The molecule has 0 amide bonds. The lowest BCUT2D eigenvalue weighted by Crippen LogP contribution is -1.92. The maximum atomic E-state index is 10.9. The zero-order valence-electron chi connectivity index (χ0n) is 9.65. The van der Waals surface area contributed by atoms with Crippen LogP contribution < -0.4 is 0 Å². The van der Waals surface area contributed by atoms with Crippen LogP contribution in [0.1, 0.15) is 13.8 Å². The van der Waals surface area contributed by atoms with Gasteiger partial charge in [-0.3, -0.25) is 10.2 Å². The minimum absolute atomic E-state index is 0.0454. The third-order valence-corrected chi connectivity index (χ3v) is 1.73. The van der Waals surface area contributed by atoms with Crippen LogP contribution in [0.15, 0.2) is 41.7 Å². The molecule has 4 heteroatoms. The lowest BCUT2D eigenvalue weighted by molar-refractivity contribution is -0.114. The van der Waals surface area contributed by atoms with Gasteiger partial charge in [0.15, 0.2) is 11.6 Å². The first-order valence-electron chi connectivity index (χ1n) is 4.77. The highest BCUT2D eigenvalue weighted by atomic mass is 16.1. The molecule has 0 radical (unpaired) electrons. The molecule has 0 saturated heterocycles. The quantitative estimate of drug-likeness (QED) is 0.339. The molecule has 0 bridgehead atoms. The smallest absolute Gasteiger partial charge is 0.228 e. The summed E-state index contributed by atoms with van der Waals surface area (Å²) in [5, 5.41) is 6.85. The van der Waals surface area contributed by atoms with Gasteiger partial charge in [0.1, 0.15) is 0 Å². The maximum Gasteiger partial charge on any atom is 0.228 e. The normalized spacial score (nSPS) is 11.2. The summed E-state index contributed by atoms with van der Waals surface area (Å²) in [5.74, 6) is 1.47. The topological polar surface area (TPSA) is 62.4 Å². The van der Waals surface area contributed by atoms with E-state index < -0.39 is 0 Å². The predicted molar refractivity (Wildman–Crippen MR) is 65.6 cm³/mol. The summed E-state index contributed by atoms with van der Waals surface area (Å²) in [6, 6.07) is 0. The van der Waals surface area contributed by atoms with Gasteiger partial charge in [-0.25, -0.2) is 4.85 Å². The average Bonchev–Trinajstić information content (AvgIpc) is 2.27. The highest BCUT2D eigenvalue weighted by Gasteiger charge is 1.99. The predicted octanol–water partition coefficient (Wildman–Crippen LogP) is 2.25. The van der Waals surface area contributed by atoms with Crippen LogP contribution in [0.5, 0.6) is 0 Å². The van der Waals surface area contributed by atoms with Gasteiger partial charge in [-0.1, -0.05) is 24.3 Å². The Morgan fingerprint density at radius 3 is 2.24 bits per heavy atom. The molecule has 0 atom stereocenters. The Kier molecular flexibility index (Phi) is 6.61. The zero-order valence-corrected chi connectivity index (χ0v) is 9.65. The van der Waals surface area contributed by atoms with Gasteiger partial charge in [-0.05, 0) is 25.8 Å². The molecule has 0 spiro atoms. The molecule has 0 fully saturated rings. The van der Waals surface area contributed by atoms with Crippen LogP contribution in [0, 0.1) is 12.0 Å². The molecule has 0 rings (SSSR count). The highest BCUT2D eigenvalue weighted by molar-refractivity contribution is 6.03. The van der Waals surface area contributed by atoms with Crippen LogP contribution in [0.4, 0.5) is 0 Å². The first kappa shape index (κ1) is 14.5. The molecule has 0 heterocycles. The average molecular weight is 228 g/mol. The zero-order chi connectivity index (χ0) is 13.3. The fourth-order valence-corrected chi connectivity index (χ4v) is 0.843. The van der Waals surface area contributed by atoms with Crippen molar-refractivity contribution >= 4 is 17.4 Å². The summed E-state index contributed by atoms with van der Waals surface area (Å²) in [4.78, 5) is 24.8. The molecule has 0 aromatic rings. The van der Waals surface area contributed by atoms with Gasteiger partial charge >= 0.3 is 0 Å². The van der Waals surface area contributed by atoms with Crippen molar-refractivity contribution in [1.82, 2.24) is 0 Å². The summed E-state index contributed by atoms with van der Waals surface area (Å²) in [5.41, 5.74) is 0.208. The van der Waals surface area contributed by atoms with E-state index in [1.54, 1.807) is 6.08 Å². The van der Waals surface area contributed by atoms with Crippen molar-refractivity contribution in [3.63, 3.8) is 0 Å². The van der Waals surface area contributed by atoms with E-state index in [9.17, 15) is 9.59 Å². The second kappa shape index (κ2) is 7.75. The van der Waals surface area contributed by atoms with Crippen LogP contribution in [0.3, 0.4) is 0 Å². The van der Waals surface area contributed by atoms with Gasteiger partial charge in [-0.15, -0.1) is 0 Å². The molecule has 1 N–H and O–H groups in total. The van der Waals surface area contributed by atoms with E-state index in [0.29, 0.717) is 0 Å². The van der Waals surface area contributed by atoms with Crippen LogP contribution in [-0.2, 0) is 9.59 Å². The first-order valence-corrected chi connectivity index (χ1v) is 4.77. The Morgan fingerprint density at radius 1 is 1.18 bits per heavy atom. The highest BCUT2D eigenvalue weighted by Crippen LogP contribution is 1.99.